The first-order valence-electron chi connectivity index (χ1n) is 9.76. The highest BCUT2D eigenvalue weighted by molar-refractivity contribution is 5.76. The van der Waals surface area contributed by atoms with E-state index in [0.29, 0.717) is 24.9 Å². The third-order valence-electron chi connectivity index (χ3n) is 5.01. The van der Waals surface area contributed by atoms with E-state index in [1.165, 1.54) is 23.3 Å². The molecule has 1 atom stereocenters. The fourth-order valence-corrected chi connectivity index (χ4v) is 3.61. The van der Waals surface area contributed by atoms with Crippen LogP contribution in [0.25, 0.3) is 11.0 Å². The van der Waals surface area contributed by atoms with Crippen molar-refractivity contribution in [2.45, 2.75) is 45.1 Å². The van der Waals surface area contributed by atoms with Gasteiger partial charge in [0.15, 0.2) is 0 Å². The van der Waals surface area contributed by atoms with E-state index in [4.69, 9.17) is 4.74 Å². The summed E-state index contributed by atoms with van der Waals surface area (Å²) >= 11 is 0. The largest absolute Gasteiger partial charge is 0.490 e. The van der Waals surface area contributed by atoms with Gasteiger partial charge < -0.3 is 15.0 Å². The van der Waals surface area contributed by atoms with Gasteiger partial charge in [-0.2, -0.15) is 0 Å². The van der Waals surface area contributed by atoms with Crippen molar-refractivity contribution in [2.24, 2.45) is 0 Å². The molecule has 0 bridgehead atoms. The lowest BCUT2D eigenvalue weighted by Gasteiger charge is -2.06. The zero-order valence-electron chi connectivity index (χ0n) is 15.9. The molecule has 1 aliphatic heterocycles. The summed E-state index contributed by atoms with van der Waals surface area (Å²) in [5.41, 5.74) is 3.86. The number of ether oxygens (including phenoxy) is 1. The Morgan fingerprint density at radius 1 is 1.29 bits per heavy atom. The number of nitrogens with zero attached hydrogens (tertiary/aromatic N) is 1. The number of hydrogen-bond donors (Lipinski definition) is 2. The number of aromatic nitrogens is 2. The van der Waals surface area contributed by atoms with E-state index >= 15 is 0 Å². The van der Waals surface area contributed by atoms with Gasteiger partial charge in [-0.3, -0.25) is 4.79 Å². The molecule has 1 unspecified atom stereocenters. The highest BCUT2D eigenvalue weighted by Crippen LogP contribution is 2.29. The number of rotatable bonds is 7. The molecule has 4 rings (SSSR count). The molecule has 1 amide bonds. The Hall–Kier alpha value is -2.89. The number of halogens is 1. The van der Waals surface area contributed by atoms with Crippen LogP contribution in [0.4, 0.5) is 4.39 Å². The molecule has 0 saturated heterocycles. The first-order valence-corrected chi connectivity index (χ1v) is 9.76. The summed E-state index contributed by atoms with van der Waals surface area (Å²) in [6.45, 7) is 2.66. The molecule has 0 saturated carbocycles. The Morgan fingerprint density at radius 2 is 2.18 bits per heavy atom. The average Bonchev–Trinajstić information content (AvgIpc) is 3.24. The van der Waals surface area contributed by atoms with Gasteiger partial charge in [0.05, 0.1) is 11.0 Å². The third-order valence-corrected chi connectivity index (χ3v) is 5.01. The molecule has 6 heteroatoms. The maximum absolute atomic E-state index is 13.2. The van der Waals surface area contributed by atoms with E-state index < -0.39 is 0 Å². The summed E-state index contributed by atoms with van der Waals surface area (Å²) < 4.78 is 18.9. The molecule has 0 aliphatic carbocycles. The Kier molecular flexibility index (Phi) is 5.28. The molecule has 0 fully saturated rings. The van der Waals surface area contributed by atoms with E-state index in [-0.39, 0.29) is 17.8 Å². The minimum absolute atomic E-state index is 0.0526. The maximum atomic E-state index is 13.2. The number of amides is 1. The van der Waals surface area contributed by atoms with E-state index in [9.17, 15) is 9.18 Å². The maximum Gasteiger partial charge on any atom is 0.220 e. The fourth-order valence-electron chi connectivity index (χ4n) is 3.61. The Balaban J connectivity index is 1.19. The standard InChI is InChI=1S/C22H24FN3O2/c1-14-11-16-12-15(4-8-20(16)28-14)5-9-22(27)24-10-2-3-21-25-18-7-6-17(23)13-19(18)26-21/h4,6-8,12-14H,2-3,5,9-11H2,1H3,(H,24,27)(H,25,26). The summed E-state index contributed by atoms with van der Waals surface area (Å²) in [5, 5.41) is 2.96. The SMILES string of the molecule is CC1Cc2cc(CCC(=O)NCCCc3nc4ccc(F)cc4[nH]3)ccc2O1. The lowest BCUT2D eigenvalue weighted by Crippen LogP contribution is -2.25. The van der Waals surface area contributed by atoms with Gasteiger partial charge in [0.25, 0.3) is 0 Å². The first kappa shape index (κ1) is 18.5. The second kappa shape index (κ2) is 8.00. The van der Waals surface area contributed by atoms with Crippen LogP contribution in [0.15, 0.2) is 36.4 Å². The number of fused-ring (bicyclic) bond motifs is 2. The van der Waals surface area contributed by atoms with Crippen LogP contribution in [0.5, 0.6) is 5.75 Å². The van der Waals surface area contributed by atoms with Crippen molar-refractivity contribution in [3.63, 3.8) is 0 Å². The molecule has 146 valence electrons. The molecule has 2 heterocycles. The number of benzene rings is 2. The Labute approximate surface area is 163 Å². The number of carbonyl (C=O) groups excluding carboxylic acids is 1. The van der Waals surface area contributed by atoms with Crippen LogP contribution in [0.2, 0.25) is 0 Å². The van der Waals surface area contributed by atoms with Crippen molar-refractivity contribution in [2.75, 3.05) is 6.54 Å². The summed E-state index contributed by atoms with van der Waals surface area (Å²) in [4.78, 5) is 19.6. The quantitative estimate of drug-likeness (QED) is 0.613. The summed E-state index contributed by atoms with van der Waals surface area (Å²) in [6.07, 6.45) is 3.85. The van der Waals surface area contributed by atoms with Crippen LogP contribution in [-0.2, 0) is 24.1 Å². The number of hydrogen-bond acceptors (Lipinski definition) is 3. The van der Waals surface area contributed by atoms with Crippen molar-refractivity contribution in [1.82, 2.24) is 15.3 Å². The van der Waals surface area contributed by atoms with E-state index in [1.807, 2.05) is 12.1 Å². The van der Waals surface area contributed by atoms with Gasteiger partial charge in [-0.25, -0.2) is 9.37 Å². The molecule has 0 radical (unpaired) electrons. The third kappa shape index (κ3) is 4.32. The van der Waals surface area contributed by atoms with Crippen LogP contribution >= 0.6 is 0 Å². The minimum Gasteiger partial charge on any atom is -0.490 e. The van der Waals surface area contributed by atoms with Crippen LogP contribution < -0.4 is 10.1 Å². The van der Waals surface area contributed by atoms with Crippen LogP contribution in [-0.4, -0.2) is 28.5 Å². The summed E-state index contributed by atoms with van der Waals surface area (Å²) in [6, 6.07) is 10.7. The lowest BCUT2D eigenvalue weighted by molar-refractivity contribution is -0.121. The predicted molar refractivity (Wildman–Crippen MR) is 106 cm³/mol. The lowest BCUT2D eigenvalue weighted by atomic mass is 10.0. The zero-order valence-corrected chi connectivity index (χ0v) is 15.9. The van der Waals surface area contributed by atoms with Gasteiger partial charge >= 0.3 is 0 Å². The molecular formula is C22H24FN3O2. The van der Waals surface area contributed by atoms with Crippen molar-refractivity contribution in [3.8, 4) is 5.75 Å². The molecule has 28 heavy (non-hydrogen) atoms. The normalized spacial score (nSPS) is 15.4. The van der Waals surface area contributed by atoms with Crippen molar-refractivity contribution in [3.05, 3.63) is 59.2 Å². The first-order chi connectivity index (χ1) is 13.6. The number of aromatic amines is 1. The summed E-state index contributed by atoms with van der Waals surface area (Å²) in [5.74, 6) is 1.55. The summed E-state index contributed by atoms with van der Waals surface area (Å²) in [7, 11) is 0. The Morgan fingerprint density at radius 3 is 3.07 bits per heavy atom. The average molecular weight is 381 g/mol. The van der Waals surface area contributed by atoms with E-state index in [0.717, 1.165) is 36.4 Å². The number of H-pyrrole nitrogens is 1. The van der Waals surface area contributed by atoms with Gasteiger partial charge in [0.2, 0.25) is 5.91 Å². The Bertz CT molecular complexity index is 999. The number of carbonyl (C=O) groups is 1. The zero-order chi connectivity index (χ0) is 19.5. The number of nitrogens with one attached hydrogen (secondary N) is 2. The van der Waals surface area contributed by atoms with E-state index in [2.05, 4.69) is 28.3 Å². The molecule has 2 N–H and O–H groups in total. The highest BCUT2D eigenvalue weighted by atomic mass is 19.1. The van der Waals surface area contributed by atoms with Gasteiger partial charge in [-0.05, 0) is 55.2 Å². The highest BCUT2D eigenvalue weighted by Gasteiger charge is 2.18. The molecule has 1 aliphatic rings. The van der Waals surface area contributed by atoms with Crippen molar-refractivity contribution < 1.29 is 13.9 Å². The van der Waals surface area contributed by atoms with Crippen LogP contribution in [0, 0.1) is 5.82 Å². The van der Waals surface area contributed by atoms with Crippen molar-refractivity contribution in [1.29, 1.82) is 0 Å². The second-order valence-corrected chi connectivity index (χ2v) is 7.37. The van der Waals surface area contributed by atoms with Gasteiger partial charge in [-0.15, -0.1) is 0 Å². The molecule has 1 aromatic heterocycles. The fraction of sp³-hybridized carbons (Fsp3) is 0.364. The molecular weight excluding hydrogens is 357 g/mol. The van der Waals surface area contributed by atoms with Gasteiger partial charge in [-0.1, -0.05) is 12.1 Å². The van der Waals surface area contributed by atoms with E-state index in [1.54, 1.807) is 6.07 Å². The molecule has 3 aromatic rings. The number of aryl methyl sites for hydroxylation is 2. The minimum atomic E-state index is -0.277. The van der Waals surface area contributed by atoms with Gasteiger partial charge in [0, 0.05) is 25.8 Å². The topological polar surface area (TPSA) is 67.0 Å². The predicted octanol–water partition coefficient (Wildman–Crippen LogP) is 3.71. The molecule has 5 nitrogen and oxygen atoms in total. The van der Waals surface area contributed by atoms with Crippen LogP contribution in [0.1, 0.15) is 36.7 Å². The second-order valence-electron chi connectivity index (χ2n) is 7.37. The number of imidazole rings is 1. The van der Waals surface area contributed by atoms with Crippen molar-refractivity contribution >= 4 is 16.9 Å². The molecule has 2 aromatic carbocycles. The van der Waals surface area contributed by atoms with Crippen LogP contribution in [0.3, 0.4) is 0 Å². The van der Waals surface area contributed by atoms with Gasteiger partial charge in [0.1, 0.15) is 23.5 Å². The smallest absolute Gasteiger partial charge is 0.220 e. The monoisotopic (exact) mass is 381 g/mol. The molecule has 0 spiro atoms.